The number of thioether (sulfide) groups is 1. The van der Waals surface area contributed by atoms with Gasteiger partial charge in [0, 0.05) is 22.0 Å². The maximum Gasteiger partial charge on any atom is 0.196 e. The Morgan fingerprint density at radius 2 is 1.47 bits per heavy atom. The number of rotatable bonds is 5. The van der Waals surface area contributed by atoms with Gasteiger partial charge in [0.25, 0.3) is 0 Å². The zero-order valence-corrected chi connectivity index (χ0v) is 17.6. The second kappa shape index (κ2) is 8.34. The molecular weight excluding hydrogens is 410 g/mol. The van der Waals surface area contributed by atoms with E-state index >= 15 is 0 Å². The standard InChI is InChI=1S/C25H18ClN3S/c26-21-13-15-22(16-14-21)29-24(19-8-2-1-3-9-19)27-28-25(29)30-17-20-11-6-10-18-7-4-5-12-23(18)20/h1-16H,17H2. The zero-order valence-electron chi connectivity index (χ0n) is 16.1. The predicted molar refractivity (Wildman–Crippen MR) is 125 cm³/mol. The summed E-state index contributed by atoms with van der Waals surface area (Å²) in [4.78, 5) is 0. The Hall–Kier alpha value is -3.08. The van der Waals surface area contributed by atoms with Crippen LogP contribution in [0.15, 0.2) is 102 Å². The Kier molecular flexibility index (Phi) is 5.26. The van der Waals surface area contributed by atoms with Crippen molar-refractivity contribution in [2.24, 2.45) is 0 Å². The molecule has 5 aromatic rings. The fourth-order valence-corrected chi connectivity index (χ4v) is 4.60. The van der Waals surface area contributed by atoms with Crippen molar-refractivity contribution in [3.8, 4) is 17.1 Å². The van der Waals surface area contributed by atoms with E-state index in [9.17, 15) is 0 Å². The molecule has 146 valence electrons. The summed E-state index contributed by atoms with van der Waals surface area (Å²) in [6.45, 7) is 0. The fourth-order valence-electron chi connectivity index (χ4n) is 3.52. The Morgan fingerprint density at radius 3 is 2.30 bits per heavy atom. The van der Waals surface area contributed by atoms with Crippen molar-refractivity contribution in [1.82, 2.24) is 14.8 Å². The fraction of sp³-hybridized carbons (Fsp3) is 0.0400. The van der Waals surface area contributed by atoms with E-state index in [4.69, 9.17) is 11.6 Å². The van der Waals surface area contributed by atoms with E-state index < -0.39 is 0 Å². The molecule has 5 rings (SSSR count). The number of halogens is 1. The van der Waals surface area contributed by atoms with Gasteiger partial charge >= 0.3 is 0 Å². The van der Waals surface area contributed by atoms with Crippen LogP contribution in [-0.2, 0) is 5.75 Å². The van der Waals surface area contributed by atoms with Gasteiger partial charge in [0.15, 0.2) is 11.0 Å². The summed E-state index contributed by atoms with van der Waals surface area (Å²) in [6.07, 6.45) is 0. The molecule has 0 amide bonds. The van der Waals surface area contributed by atoms with E-state index in [1.54, 1.807) is 11.8 Å². The molecule has 0 saturated carbocycles. The second-order valence-electron chi connectivity index (χ2n) is 6.91. The predicted octanol–water partition coefficient (Wildman–Crippen LogP) is 7.03. The van der Waals surface area contributed by atoms with Crippen LogP contribution in [0.25, 0.3) is 27.8 Å². The van der Waals surface area contributed by atoms with Crippen molar-refractivity contribution in [3.05, 3.63) is 108 Å². The summed E-state index contributed by atoms with van der Waals surface area (Å²) in [7, 11) is 0. The molecule has 0 N–H and O–H groups in total. The maximum absolute atomic E-state index is 6.12. The summed E-state index contributed by atoms with van der Waals surface area (Å²) in [5.74, 6) is 1.63. The first-order valence-corrected chi connectivity index (χ1v) is 11.0. The average Bonchev–Trinajstić information content (AvgIpc) is 3.23. The molecule has 0 atom stereocenters. The number of fused-ring (bicyclic) bond motifs is 1. The van der Waals surface area contributed by atoms with Crippen molar-refractivity contribution in [3.63, 3.8) is 0 Å². The SMILES string of the molecule is Clc1ccc(-n2c(SCc3cccc4ccccc34)nnc2-c2ccccc2)cc1. The highest BCUT2D eigenvalue weighted by molar-refractivity contribution is 7.98. The smallest absolute Gasteiger partial charge is 0.196 e. The van der Waals surface area contributed by atoms with Gasteiger partial charge in [0.1, 0.15) is 0 Å². The van der Waals surface area contributed by atoms with Gasteiger partial charge in [-0.05, 0) is 40.6 Å². The lowest BCUT2D eigenvalue weighted by Crippen LogP contribution is -1.99. The molecule has 0 aliphatic rings. The molecule has 0 fully saturated rings. The average molecular weight is 428 g/mol. The van der Waals surface area contributed by atoms with E-state index in [-0.39, 0.29) is 0 Å². The van der Waals surface area contributed by atoms with Crippen molar-refractivity contribution >= 4 is 34.1 Å². The van der Waals surface area contributed by atoms with Gasteiger partial charge in [-0.15, -0.1) is 10.2 Å². The Bertz CT molecular complexity index is 1290. The third-order valence-corrected chi connectivity index (χ3v) is 6.22. The van der Waals surface area contributed by atoms with Gasteiger partial charge in [-0.3, -0.25) is 4.57 Å². The first kappa shape index (κ1) is 18.9. The third kappa shape index (κ3) is 3.72. The Balaban J connectivity index is 1.55. The van der Waals surface area contributed by atoms with Crippen LogP contribution in [0.5, 0.6) is 0 Å². The normalized spacial score (nSPS) is 11.1. The Labute approximate surface area is 184 Å². The largest absolute Gasteiger partial charge is 0.270 e. The van der Waals surface area contributed by atoms with E-state index in [0.717, 1.165) is 28.0 Å². The minimum absolute atomic E-state index is 0.707. The van der Waals surface area contributed by atoms with Gasteiger partial charge in [0.05, 0.1) is 0 Å². The molecule has 4 aromatic carbocycles. The lowest BCUT2D eigenvalue weighted by Gasteiger charge is -2.11. The van der Waals surface area contributed by atoms with E-state index in [1.807, 2.05) is 42.5 Å². The van der Waals surface area contributed by atoms with Crippen LogP contribution in [0.4, 0.5) is 0 Å². The highest BCUT2D eigenvalue weighted by Crippen LogP contribution is 2.31. The number of nitrogens with zero attached hydrogens (tertiary/aromatic N) is 3. The van der Waals surface area contributed by atoms with Crippen LogP contribution in [0.3, 0.4) is 0 Å². The molecular formula is C25H18ClN3S. The van der Waals surface area contributed by atoms with Crippen molar-refractivity contribution in [2.45, 2.75) is 10.9 Å². The highest BCUT2D eigenvalue weighted by Gasteiger charge is 2.16. The monoisotopic (exact) mass is 427 g/mol. The first-order chi connectivity index (χ1) is 14.8. The molecule has 0 saturated heterocycles. The molecule has 5 heteroatoms. The lowest BCUT2D eigenvalue weighted by atomic mass is 10.1. The lowest BCUT2D eigenvalue weighted by molar-refractivity contribution is 0.886. The number of hydrogen-bond donors (Lipinski definition) is 0. The molecule has 0 unspecified atom stereocenters. The van der Waals surface area contributed by atoms with E-state index in [0.29, 0.717) is 5.02 Å². The second-order valence-corrected chi connectivity index (χ2v) is 8.29. The molecule has 0 spiro atoms. The van der Waals surface area contributed by atoms with Crippen molar-refractivity contribution in [1.29, 1.82) is 0 Å². The molecule has 1 heterocycles. The molecule has 0 radical (unpaired) electrons. The van der Waals surface area contributed by atoms with Crippen LogP contribution >= 0.6 is 23.4 Å². The summed E-state index contributed by atoms with van der Waals surface area (Å²) in [5.41, 5.74) is 3.30. The number of aromatic nitrogens is 3. The topological polar surface area (TPSA) is 30.7 Å². The summed E-state index contributed by atoms with van der Waals surface area (Å²) in [6, 6.07) is 32.8. The summed E-state index contributed by atoms with van der Waals surface area (Å²) >= 11 is 7.81. The number of benzene rings is 4. The third-order valence-electron chi connectivity index (χ3n) is 4.99. The van der Waals surface area contributed by atoms with Gasteiger partial charge in [-0.1, -0.05) is 96.2 Å². The summed E-state index contributed by atoms with van der Waals surface area (Å²) < 4.78 is 2.10. The zero-order chi connectivity index (χ0) is 20.3. The van der Waals surface area contributed by atoms with Gasteiger partial charge in [0.2, 0.25) is 0 Å². The van der Waals surface area contributed by atoms with Crippen LogP contribution in [0.2, 0.25) is 5.02 Å². The van der Waals surface area contributed by atoms with Crippen LogP contribution in [-0.4, -0.2) is 14.8 Å². The van der Waals surface area contributed by atoms with Gasteiger partial charge in [-0.2, -0.15) is 0 Å². The van der Waals surface area contributed by atoms with Crippen molar-refractivity contribution < 1.29 is 0 Å². The van der Waals surface area contributed by atoms with Crippen LogP contribution < -0.4 is 0 Å². The van der Waals surface area contributed by atoms with Gasteiger partial charge in [-0.25, -0.2) is 0 Å². The first-order valence-electron chi connectivity index (χ1n) is 9.66. The van der Waals surface area contributed by atoms with Crippen LogP contribution in [0.1, 0.15) is 5.56 Å². The molecule has 0 bridgehead atoms. The highest BCUT2D eigenvalue weighted by atomic mass is 35.5. The molecule has 0 aliphatic heterocycles. The molecule has 3 nitrogen and oxygen atoms in total. The Morgan fingerprint density at radius 1 is 0.733 bits per heavy atom. The minimum Gasteiger partial charge on any atom is -0.270 e. The van der Waals surface area contributed by atoms with Crippen LogP contribution in [0, 0.1) is 0 Å². The molecule has 30 heavy (non-hydrogen) atoms. The molecule has 0 aliphatic carbocycles. The maximum atomic E-state index is 6.12. The summed E-state index contributed by atoms with van der Waals surface area (Å²) in [5, 5.41) is 13.1. The minimum atomic E-state index is 0.707. The van der Waals surface area contributed by atoms with E-state index in [2.05, 4.69) is 69.4 Å². The van der Waals surface area contributed by atoms with E-state index in [1.165, 1.54) is 16.3 Å². The van der Waals surface area contributed by atoms with Crippen molar-refractivity contribution in [2.75, 3.05) is 0 Å². The molecule has 1 aromatic heterocycles. The quantitative estimate of drug-likeness (QED) is 0.282. The van der Waals surface area contributed by atoms with Gasteiger partial charge < -0.3 is 0 Å². The number of hydrogen-bond acceptors (Lipinski definition) is 3.